The van der Waals surface area contributed by atoms with Gasteiger partial charge in [-0.05, 0) is 53.2 Å². The van der Waals surface area contributed by atoms with E-state index in [4.69, 9.17) is 0 Å². The minimum Gasteiger partial charge on any atom is -0.0752 e. The average molecular weight is 294 g/mol. The summed E-state index contributed by atoms with van der Waals surface area (Å²) in [7, 11) is -0.0102. The molecular weight excluding hydrogens is 271 g/mol. The normalized spacial score (nSPS) is 13.9. The molecule has 2 aromatic rings. The van der Waals surface area contributed by atoms with Crippen LogP contribution in [-0.4, -0.2) is 12.3 Å². The summed E-state index contributed by atoms with van der Waals surface area (Å²) >= 11 is 0. The quantitative estimate of drug-likeness (QED) is 0.592. The molecule has 1 aliphatic carbocycles. The van der Waals surface area contributed by atoms with E-state index < -0.39 is 0 Å². The third-order valence-electron chi connectivity index (χ3n) is 4.41. The van der Waals surface area contributed by atoms with Gasteiger partial charge in [-0.15, -0.1) is 0 Å². The predicted octanol–water partition coefficient (Wildman–Crippen LogP) is 6.16. The van der Waals surface area contributed by atoms with E-state index in [0.29, 0.717) is 0 Å². The van der Waals surface area contributed by atoms with E-state index >= 15 is 0 Å². The summed E-state index contributed by atoms with van der Waals surface area (Å²) < 4.78 is 0. The maximum Gasteiger partial charge on any atom is -0.00539 e. The Balaban J connectivity index is 2.18. The third kappa shape index (κ3) is 2.58. The SMILES string of the molecule is CCP(CC)C1=C(C)Cc2cccc(-c3ccccc3)c21. The molecule has 0 atom stereocenters. The lowest BCUT2D eigenvalue weighted by Crippen LogP contribution is -1.93. The Morgan fingerprint density at radius 1 is 0.905 bits per heavy atom. The molecule has 0 N–H and O–H groups in total. The standard InChI is InChI=1S/C20H23P/c1-4-21(5-2)20-15(3)14-17-12-9-13-18(19(17)20)16-10-7-6-8-11-16/h6-13H,4-5,14H2,1-3H3. The molecule has 1 heteroatoms. The summed E-state index contributed by atoms with van der Waals surface area (Å²) in [5, 5.41) is 1.68. The van der Waals surface area contributed by atoms with Crippen molar-refractivity contribution in [3.8, 4) is 11.1 Å². The van der Waals surface area contributed by atoms with Gasteiger partial charge in [0.1, 0.15) is 0 Å². The van der Waals surface area contributed by atoms with Crippen molar-refractivity contribution < 1.29 is 0 Å². The van der Waals surface area contributed by atoms with Crippen LogP contribution in [0.4, 0.5) is 0 Å². The van der Waals surface area contributed by atoms with Crippen molar-refractivity contribution in [1.82, 2.24) is 0 Å². The summed E-state index contributed by atoms with van der Waals surface area (Å²) in [4.78, 5) is 0. The number of hydrogen-bond donors (Lipinski definition) is 0. The van der Waals surface area contributed by atoms with Crippen molar-refractivity contribution in [3.63, 3.8) is 0 Å². The Morgan fingerprint density at radius 3 is 2.29 bits per heavy atom. The summed E-state index contributed by atoms with van der Waals surface area (Å²) in [6.07, 6.45) is 3.73. The van der Waals surface area contributed by atoms with Crippen LogP contribution >= 0.6 is 7.92 Å². The van der Waals surface area contributed by atoms with Crippen molar-refractivity contribution in [2.75, 3.05) is 12.3 Å². The minimum atomic E-state index is -0.0102. The maximum absolute atomic E-state index is 2.35. The van der Waals surface area contributed by atoms with Gasteiger partial charge in [0.2, 0.25) is 0 Å². The molecule has 0 saturated carbocycles. The first-order valence-electron chi connectivity index (χ1n) is 7.88. The van der Waals surface area contributed by atoms with Gasteiger partial charge in [0.25, 0.3) is 0 Å². The number of benzene rings is 2. The molecule has 0 heterocycles. The van der Waals surface area contributed by atoms with Gasteiger partial charge in [-0.2, -0.15) is 0 Å². The van der Waals surface area contributed by atoms with Crippen LogP contribution in [-0.2, 0) is 6.42 Å². The fraction of sp³-hybridized carbons (Fsp3) is 0.300. The first kappa shape index (κ1) is 14.5. The smallest absolute Gasteiger partial charge is 0.00539 e. The number of rotatable bonds is 4. The Kier molecular flexibility index (Phi) is 4.27. The van der Waals surface area contributed by atoms with E-state index in [9.17, 15) is 0 Å². The van der Waals surface area contributed by atoms with Crippen LogP contribution in [0.25, 0.3) is 16.4 Å². The molecule has 0 aliphatic heterocycles. The highest BCUT2D eigenvalue weighted by molar-refractivity contribution is 7.68. The molecule has 0 amide bonds. The van der Waals surface area contributed by atoms with Gasteiger partial charge >= 0.3 is 0 Å². The molecule has 0 fully saturated rings. The van der Waals surface area contributed by atoms with Crippen LogP contribution in [0.15, 0.2) is 54.1 Å². The summed E-state index contributed by atoms with van der Waals surface area (Å²) in [6, 6.07) is 17.7. The molecule has 0 bridgehead atoms. The van der Waals surface area contributed by atoms with Gasteiger partial charge in [0.05, 0.1) is 0 Å². The zero-order valence-corrected chi connectivity index (χ0v) is 14.1. The molecule has 0 saturated heterocycles. The van der Waals surface area contributed by atoms with Gasteiger partial charge in [-0.25, -0.2) is 0 Å². The van der Waals surface area contributed by atoms with Gasteiger partial charge in [-0.1, -0.05) is 75.9 Å². The molecule has 0 unspecified atom stereocenters. The summed E-state index contributed by atoms with van der Waals surface area (Å²) in [6.45, 7) is 7.03. The lowest BCUT2D eigenvalue weighted by Gasteiger charge is -2.20. The first-order valence-corrected chi connectivity index (χ1v) is 9.59. The van der Waals surface area contributed by atoms with Crippen molar-refractivity contribution in [2.45, 2.75) is 27.2 Å². The lowest BCUT2D eigenvalue weighted by molar-refractivity contribution is 1.19. The molecule has 108 valence electrons. The Bertz CT molecular complexity index is 663. The fourth-order valence-electron chi connectivity index (χ4n) is 3.44. The van der Waals surface area contributed by atoms with E-state index in [-0.39, 0.29) is 7.92 Å². The number of hydrogen-bond acceptors (Lipinski definition) is 0. The minimum absolute atomic E-state index is 0.0102. The van der Waals surface area contributed by atoms with Gasteiger partial charge in [0.15, 0.2) is 0 Å². The summed E-state index contributed by atoms with van der Waals surface area (Å²) in [5.74, 6) is 0. The fourth-order valence-corrected chi connectivity index (χ4v) is 5.71. The van der Waals surface area contributed by atoms with E-state index in [2.05, 4.69) is 69.3 Å². The zero-order chi connectivity index (χ0) is 14.8. The van der Waals surface area contributed by atoms with E-state index in [0.717, 1.165) is 6.42 Å². The highest BCUT2D eigenvalue weighted by Crippen LogP contribution is 2.57. The maximum atomic E-state index is 2.35. The largest absolute Gasteiger partial charge is 0.0752 e. The van der Waals surface area contributed by atoms with Crippen LogP contribution in [0.5, 0.6) is 0 Å². The van der Waals surface area contributed by atoms with Gasteiger partial charge in [-0.3, -0.25) is 0 Å². The molecule has 21 heavy (non-hydrogen) atoms. The van der Waals surface area contributed by atoms with Crippen LogP contribution < -0.4 is 0 Å². The van der Waals surface area contributed by atoms with Crippen LogP contribution in [0.3, 0.4) is 0 Å². The van der Waals surface area contributed by atoms with E-state index in [1.54, 1.807) is 16.5 Å². The number of allylic oxidation sites excluding steroid dienone is 1. The van der Waals surface area contributed by atoms with Crippen molar-refractivity contribution in [3.05, 3.63) is 65.2 Å². The van der Waals surface area contributed by atoms with E-state index in [1.807, 2.05) is 0 Å². The highest BCUT2D eigenvalue weighted by Gasteiger charge is 2.26. The molecule has 0 radical (unpaired) electrons. The third-order valence-corrected chi connectivity index (χ3v) is 7.18. The number of fused-ring (bicyclic) bond motifs is 1. The monoisotopic (exact) mass is 294 g/mol. The first-order chi connectivity index (χ1) is 10.3. The van der Waals surface area contributed by atoms with Crippen LogP contribution in [0.2, 0.25) is 0 Å². The Labute approximate surface area is 129 Å². The van der Waals surface area contributed by atoms with Crippen LogP contribution in [0, 0.1) is 0 Å². The summed E-state index contributed by atoms with van der Waals surface area (Å²) in [5.41, 5.74) is 7.45. The Morgan fingerprint density at radius 2 is 1.62 bits per heavy atom. The average Bonchev–Trinajstić information content (AvgIpc) is 2.86. The van der Waals surface area contributed by atoms with Crippen molar-refractivity contribution in [2.24, 2.45) is 0 Å². The molecular formula is C20H23P. The van der Waals surface area contributed by atoms with Gasteiger partial charge in [0, 0.05) is 0 Å². The van der Waals surface area contributed by atoms with Gasteiger partial charge < -0.3 is 0 Å². The predicted molar refractivity (Wildman–Crippen MR) is 96.2 cm³/mol. The molecule has 3 rings (SSSR count). The molecule has 2 aromatic carbocycles. The lowest BCUT2D eigenvalue weighted by atomic mass is 9.97. The topological polar surface area (TPSA) is 0 Å². The van der Waals surface area contributed by atoms with E-state index in [1.165, 1.54) is 29.0 Å². The van der Waals surface area contributed by atoms with Crippen molar-refractivity contribution in [1.29, 1.82) is 0 Å². The molecule has 0 spiro atoms. The highest BCUT2D eigenvalue weighted by atomic mass is 31.1. The van der Waals surface area contributed by atoms with Crippen LogP contribution in [0.1, 0.15) is 31.9 Å². The Hall–Kier alpha value is -1.39. The van der Waals surface area contributed by atoms with Crippen molar-refractivity contribution >= 4 is 13.2 Å². The second kappa shape index (κ2) is 6.16. The molecule has 1 aliphatic rings. The zero-order valence-electron chi connectivity index (χ0n) is 13.2. The molecule has 0 aromatic heterocycles. The second-order valence-corrected chi connectivity index (χ2v) is 8.48. The molecule has 0 nitrogen and oxygen atoms in total. The second-order valence-electron chi connectivity index (χ2n) is 5.68.